The highest BCUT2D eigenvalue weighted by Crippen LogP contribution is 2.06. The van der Waals surface area contributed by atoms with E-state index in [4.69, 9.17) is 5.26 Å². The van der Waals surface area contributed by atoms with Gasteiger partial charge in [0.05, 0.1) is 25.2 Å². The first kappa shape index (κ1) is 15.4. The fraction of sp³-hybridized carbons (Fsp3) is 0.267. The maximum absolute atomic E-state index is 11.8. The van der Waals surface area contributed by atoms with E-state index in [1.165, 1.54) is 18.1 Å². The van der Waals surface area contributed by atoms with Gasteiger partial charge in [0, 0.05) is 19.7 Å². The number of rotatable bonds is 5. The number of hydrogen-bond acceptors (Lipinski definition) is 4. The van der Waals surface area contributed by atoms with Gasteiger partial charge in [-0.15, -0.1) is 0 Å². The van der Waals surface area contributed by atoms with Gasteiger partial charge in [-0.1, -0.05) is 12.1 Å². The monoisotopic (exact) mass is 272 g/mol. The Balaban J connectivity index is 2.58. The first-order valence-electron chi connectivity index (χ1n) is 6.07. The highest BCUT2D eigenvalue weighted by atomic mass is 16.5. The van der Waals surface area contributed by atoms with Crippen molar-refractivity contribution in [3.63, 3.8) is 0 Å². The Bertz CT molecular complexity index is 558. The molecular weight excluding hydrogens is 256 g/mol. The number of esters is 1. The summed E-state index contributed by atoms with van der Waals surface area (Å²) in [5.41, 5.74) is 1.32. The van der Waals surface area contributed by atoms with Crippen molar-refractivity contribution < 1.29 is 14.3 Å². The first-order chi connectivity index (χ1) is 9.56. The number of methoxy groups -OCH3 is 1. The third kappa shape index (κ3) is 4.94. The molecule has 1 amide bonds. The van der Waals surface area contributed by atoms with Gasteiger partial charge in [0.1, 0.15) is 0 Å². The van der Waals surface area contributed by atoms with E-state index in [9.17, 15) is 9.59 Å². The van der Waals surface area contributed by atoms with E-state index >= 15 is 0 Å². The molecule has 0 fully saturated rings. The summed E-state index contributed by atoms with van der Waals surface area (Å²) in [5.74, 6) is -0.563. The zero-order valence-corrected chi connectivity index (χ0v) is 11.5. The second kappa shape index (κ2) is 7.74. The molecule has 0 saturated heterocycles. The molecule has 0 bridgehead atoms. The standard InChI is InChI=1S/C15H16N2O3/c1-17(9-8-15(19)20-2)14(18)7-6-12-4-3-5-13(10-12)11-16/h3-7,10H,8-9H2,1-2H3. The molecule has 0 spiro atoms. The third-order valence-electron chi connectivity index (χ3n) is 2.69. The van der Waals surface area contributed by atoms with Crippen molar-refractivity contribution >= 4 is 18.0 Å². The summed E-state index contributed by atoms with van der Waals surface area (Å²) < 4.78 is 4.51. The van der Waals surface area contributed by atoms with Gasteiger partial charge >= 0.3 is 5.97 Å². The predicted octanol–water partition coefficient (Wildman–Crippen LogP) is 1.59. The molecule has 0 heterocycles. The van der Waals surface area contributed by atoms with Crippen LogP contribution in [0.4, 0.5) is 0 Å². The van der Waals surface area contributed by atoms with Crippen LogP contribution in [-0.2, 0) is 14.3 Å². The van der Waals surface area contributed by atoms with Crippen LogP contribution in [0.15, 0.2) is 30.3 Å². The van der Waals surface area contributed by atoms with Gasteiger partial charge in [-0.2, -0.15) is 5.26 Å². The van der Waals surface area contributed by atoms with Gasteiger partial charge in [0.15, 0.2) is 0 Å². The van der Waals surface area contributed by atoms with Crippen molar-refractivity contribution in [2.24, 2.45) is 0 Å². The third-order valence-corrected chi connectivity index (χ3v) is 2.69. The van der Waals surface area contributed by atoms with Crippen molar-refractivity contribution in [2.45, 2.75) is 6.42 Å². The maximum Gasteiger partial charge on any atom is 0.307 e. The highest BCUT2D eigenvalue weighted by molar-refractivity contribution is 5.91. The molecule has 104 valence electrons. The van der Waals surface area contributed by atoms with Crippen LogP contribution in [0.5, 0.6) is 0 Å². The quantitative estimate of drug-likeness (QED) is 0.603. The summed E-state index contributed by atoms with van der Waals surface area (Å²) in [4.78, 5) is 24.2. The maximum atomic E-state index is 11.8. The lowest BCUT2D eigenvalue weighted by Crippen LogP contribution is -2.27. The number of carbonyl (C=O) groups is 2. The Hall–Kier alpha value is -2.61. The normalized spacial score (nSPS) is 10.1. The molecule has 5 nitrogen and oxygen atoms in total. The van der Waals surface area contributed by atoms with Crippen LogP contribution in [0.1, 0.15) is 17.5 Å². The molecule has 0 aliphatic rings. The highest BCUT2D eigenvalue weighted by Gasteiger charge is 2.07. The van der Waals surface area contributed by atoms with Crippen LogP contribution in [0.3, 0.4) is 0 Å². The fourth-order valence-corrected chi connectivity index (χ4v) is 1.48. The van der Waals surface area contributed by atoms with Gasteiger partial charge < -0.3 is 9.64 Å². The molecule has 0 aromatic heterocycles. The Morgan fingerprint density at radius 2 is 2.20 bits per heavy atom. The fourth-order valence-electron chi connectivity index (χ4n) is 1.48. The molecule has 1 aromatic rings. The van der Waals surface area contributed by atoms with E-state index < -0.39 is 0 Å². The van der Waals surface area contributed by atoms with Crippen LogP contribution in [-0.4, -0.2) is 37.5 Å². The summed E-state index contributed by atoms with van der Waals surface area (Å²) in [6, 6.07) is 8.98. The second-order valence-electron chi connectivity index (χ2n) is 4.16. The average molecular weight is 272 g/mol. The van der Waals surface area contributed by atoms with E-state index in [0.717, 1.165) is 5.56 Å². The lowest BCUT2D eigenvalue weighted by atomic mass is 10.1. The van der Waals surface area contributed by atoms with Gasteiger partial charge in [0.2, 0.25) is 5.91 Å². The van der Waals surface area contributed by atoms with Gasteiger partial charge in [-0.3, -0.25) is 9.59 Å². The second-order valence-corrected chi connectivity index (χ2v) is 4.16. The van der Waals surface area contributed by atoms with E-state index in [0.29, 0.717) is 12.1 Å². The Morgan fingerprint density at radius 3 is 2.85 bits per heavy atom. The van der Waals surface area contributed by atoms with Crippen molar-refractivity contribution in [1.82, 2.24) is 4.90 Å². The molecule has 0 aliphatic carbocycles. The number of benzene rings is 1. The molecule has 0 unspecified atom stereocenters. The van der Waals surface area contributed by atoms with Crippen molar-refractivity contribution in [2.75, 3.05) is 20.7 Å². The lowest BCUT2D eigenvalue weighted by Gasteiger charge is -2.13. The van der Waals surface area contributed by atoms with E-state index in [1.54, 1.807) is 37.4 Å². The summed E-state index contributed by atoms with van der Waals surface area (Å²) in [7, 11) is 2.92. The molecule has 0 aliphatic heterocycles. The summed E-state index contributed by atoms with van der Waals surface area (Å²) in [6.45, 7) is 0.300. The molecular formula is C15H16N2O3. The SMILES string of the molecule is COC(=O)CCN(C)C(=O)C=Cc1cccc(C#N)c1. The number of nitrogens with zero attached hydrogens (tertiary/aromatic N) is 2. The molecule has 0 saturated carbocycles. The number of amides is 1. The molecule has 0 radical (unpaired) electrons. The topological polar surface area (TPSA) is 70.4 Å². The molecule has 20 heavy (non-hydrogen) atoms. The minimum absolute atomic E-state index is 0.163. The molecule has 0 atom stereocenters. The lowest BCUT2D eigenvalue weighted by molar-refractivity contribution is -0.141. The molecule has 1 rings (SSSR count). The number of hydrogen-bond donors (Lipinski definition) is 0. The number of ether oxygens (including phenoxy) is 1. The van der Waals surface area contributed by atoms with Crippen LogP contribution in [0, 0.1) is 11.3 Å². The first-order valence-corrected chi connectivity index (χ1v) is 6.07. The van der Waals surface area contributed by atoms with E-state index in [-0.39, 0.29) is 18.3 Å². The zero-order chi connectivity index (χ0) is 15.0. The number of likely N-dealkylation sites (N-methyl/N-ethyl adjacent to an activating group) is 1. The van der Waals surface area contributed by atoms with Crippen LogP contribution >= 0.6 is 0 Å². The summed E-state index contributed by atoms with van der Waals surface area (Å²) >= 11 is 0. The Kier molecular flexibility index (Phi) is 5.98. The van der Waals surface area contributed by atoms with Crippen molar-refractivity contribution in [3.05, 3.63) is 41.5 Å². The minimum atomic E-state index is -0.352. The van der Waals surface area contributed by atoms with Crippen LogP contribution in [0.25, 0.3) is 6.08 Å². The molecule has 5 heteroatoms. The average Bonchev–Trinajstić information content (AvgIpc) is 2.49. The minimum Gasteiger partial charge on any atom is -0.469 e. The molecule has 1 aromatic carbocycles. The zero-order valence-electron chi connectivity index (χ0n) is 11.5. The van der Waals surface area contributed by atoms with Crippen molar-refractivity contribution in [1.29, 1.82) is 5.26 Å². The van der Waals surface area contributed by atoms with Crippen LogP contribution in [0.2, 0.25) is 0 Å². The van der Waals surface area contributed by atoms with Gasteiger partial charge in [0.25, 0.3) is 0 Å². The van der Waals surface area contributed by atoms with Crippen molar-refractivity contribution in [3.8, 4) is 6.07 Å². The smallest absolute Gasteiger partial charge is 0.307 e. The Labute approximate surface area is 118 Å². The molecule has 0 N–H and O–H groups in total. The summed E-state index contributed by atoms with van der Waals surface area (Å²) in [6.07, 6.45) is 3.21. The van der Waals surface area contributed by atoms with Gasteiger partial charge in [-0.05, 0) is 23.8 Å². The Morgan fingerprint density at radius 1 is 1.45 bits per heavy atom. The van der Waals surface area contributed by atoms with Crippen LogP contribution < -0.4 is 0 Å². The predicted molar refractivity (Wildman–Crippen MR) is 74.5 cm³/mol. The van der Waals surface area contributed by atoms with Gasteiger partial charge in [-0.25, -0.2) is 0 Å². The summed E-state index contributed by atoms with van der Waals surface area (Å²) in [5, 5.41) is 8.78. The number of carbonyl (C=O) groups excluding carboxylic acids is 2. The van der Waals surface area contributed by atoms with E-state index in [2.05, 4.69) is 4.74 Å². The largest absolute Gasteiger partial charge is 0.469 e. The van der Waals surface area contributed by atoms with E-state index in [1.807, 2.05) is 6.07 Å². The number of nitriles is 1.